The maximum atomic E-state index is 12.9. The van der Waals surface area contributed by atoms with E-state index in [4.69, 9.17) is 0 Å². The lowest BCUT2D eigenvalue weighted by Crippen LogP contribution is -2.50. The first-order chi connectivity index (χ1) is 11.3. The molecule has 3 heterocycles. The molecule has 0 aromatic carbocycles. The van der Waals surface area contributed by atoms with Crippen molar-refractivity contribution in [3.05, 3.63) is 46.4 Å². The van der Waals surface area contributed by atoms with Gasteiger partial charge in [-0.1, -0.05) is 25.3 Å². The number of hydrogen-bond acceptors (Lipinski definition) is 2. The van der Waals surface area contributed by atoms with Gasteiger partial charge in [-0.05, 0) is 36.4 Å². The van der Waals surface area contributed by atoms with Gasteiger partial charge in [0.15, 0.2) is 0 Å². The SMILES string of the molecule is O=C(NC1CCCCC1)N1CCn2cccc2[C@@H]1c1cccs1. The number of nitrogens with zero attached hydrogens (tertiary/aromatic N) is 2. The molecule has 2 aromatic heterocycles. The van der Waals surface area contributed by atoms with Crippen LogP contribution in [-0.4, -0.2) is 28.1 Å². The molecule has 4 nitrogen and oxygen atoms in total. The fourth-order valence-corrected chi connectivity index (χ4v) is 4.70. The molecule has 0 bridgehead atoms. The number of urea groups is 1. The van der Waals surface area contributed by atoms with Gasteiger partial charge < -0.3 is 14.8 Å². The van der Waals surface area contributed by atoms with E-state index in [1.807, 2.05) is 4.90 Å². The van der Waals surface area contributed by atoms with Gasteiger partial charge in [0.1, 0.15) is 6.04 Å². The number of fused-ring (bicyclic) bond motifs is 1. The van der Waals surface area contributed by atoms with E-state index in [1.165, 1.54) is 29.8 Å². The Morgan fingerprint density at radius 2 is 2.00 bits per heavy atom. The van der Waals surface area contributed by atoms with Crippen LogP contribution in [0.1, 0.15) is 48.7 Å². The lowest BCUT2D eigenvalue weighted by molar-refractivity contribution is 0.163. The summed E-state index contributed by atoms with van der Waals surface area (Å²) in [6, 6.07) is 8.93. The predicted octanol–water partition coefficient (Wildman–Crippen LogP) is 4.00. The van der Waals surface area contributed by atoms with Crippen LogP contribution >= 0.6 is 11.3 Å². The highest BCUT2D eigenvalue weighted by atomic mass is 32.1. The second-order valence-corrected chi connectivity index (χ2v) is 7.50. The molecule has 122 valence electrons. The maximum absolute atomic E-state index is 12.9. The Morgan fingerprint density at radius 1 is 1.13 bits per heavy atom. The van der Waals surface area contributed by atoms with Crippen LogP contribution in [0.5, 0.6) is 0 Å². The number of carbonyl (C=O) groups is 1. The molecule has 0 radical (unpaired) electrons. The van der Waals surface area contributed by atoms with Gasteiger partial charge in [0, 0.05) is 35.9 Å². The van der Waals surface area contributed by atoms with Crippen molar-refractivity contribution in [1.82, 2.24) is 14.8 Å². The molecule has 1 N–H and O–H groups in total. The van der Waals surface area contributed by atoms with Crippen molar-refractivity contribution < 1.29 is 4.79 Å². The highest BCUT2D eigenvalue weighted by molar-refractivity contribution is 7.10. The Balaban J connectivity index is 1.58. The second-order valence-electron chi connectivity index (χ2n) is 6.52. The van der Waals surface area contributed by atoms with Gasteiger partial charge in [0.25, 0.3) is 0 Å². The maximum Gasteiger partial charge on any atom is 0.318 e. The van der Waals surface area contributed by atoms with Crippen molar-refractivity contribution in [3.63, 3.8) is 0 Å². The van der Waals surface area contributed by atoms with Crippen molar-refractivity contribution in [1.29, 1.82) is 0 Å². The van der Waals surface area contributed by atoms with Crippen molar-refractivity contribution >= 4 is 17.4 Å². The zero-order valence-corrected chi connectivity index (χ0v) is 14.1. The molecular formula is C18H23N3OS. The van der Waals surface area contributed by atoms with Crippen LogP contribution in [-0.2, 0) is 6.54 Å². The van der Waals surface area contributed by atoms with Crippen LogP contribution < -0.4 is 5.32 Å². The smallest absolute Gasteiger partial charge is 0.318 e. The van der Waals surface area contributed by atoms with Gasteiger partial charge in [-0.2, -0.15) is 0 Å². The quantitative estimate of drug-likeness (QED) is 0.888. The summed E-state index contributed by atoms with van der Waals surface area (Å²) in [5, 5.41) is 5.38. The molecule has 1 saturated carbocycles. The van der Waals surface area contributed by atoms with Crippen LogP contribution in [0, 0.1) is 0 Å². The Kier molecular flexibility index (Phi) is 4.12. The molecule has 2 aromatic rings. The third-order valence-electron chi connectivity index (χ3n) is 5.04. The van der Waals surface area contributed by atoms with E-state index in [0.29, 0.717) is 6.04 Å². The number of carbonyl (C=O) groups excluding carboxylic acids is 1. The molecule has 1 atom stereocenters. The van der Waals surface area contributed by atoms with E-state index in [1.54, 1.807) is 11.3 Å². The van der Waals surface area contributed by atoms with Crippen LogP contribution in [0.15, 0.2) is 35.8 Å². The summed E-state index contributed by atoms with van der Waals surface area (Å²) in [6.07, 6.45) is 8.15. The monoisotopic (exact) mass is 329 g/mol. The minimum absolute atomic E-state index is 0.0438. The summed E-state index contributed by atoms with van der Waals surface area (Å²) in [5.74, 6) is 0. The van der Waals surface area contributed by atoms with E-state index in [2.05, 4.69) is 45.7 Å². The molecule has 23 heavy (non-hydrogen) atoms. The second kappa shape index (κ2) is 6.40. The molecule has 4 rings (SSSR count). The molecule has 1 aliphatic heterocycles. The van der Waals surface area contributed by atoms with E-state index < -0.39 is 0 Å². The summed E-state index contributed by atoms with van der Waals surface area (Å²) in [6.45, 7) is 1.64. The van der Waals surface area contributed by atoms with Gasteiger partial charge in [0.05, 0.1) is 0 Å². The van der Waals surface area contributed by atoms with Crippen LogP contribution in [0.4, 0.5) is 4.79 Å². The van der Waals surface area contributed by atoms with E-state index in [0.717, 1.165) is 25.9 Å². The number of nitrogens with one attached hydrogen (secondary N) is 1. The minimum atomic E-state index is 0.0438. The van der Waals surface area contributed by atoms with Crippen molar-refractivity contribution in [2.45, 2.75) is 50.7 Å². The highest BCUT2D eigenvalue weighted by Gasteiger charge is 2.33. The summed E-state index contributed by atoms with van der Waals surface area (Å²) in [7, 11) is 0. The number of hydrogen-bond donors (Lipinski definition) is 1. The topological polar surface area (TPSA) is 37.3 Å². The molecule has 1 fully saturated rings. The van der Waals surface area contributed by atoms with Crippen molar-refractivity contribution in [3.8, 4) is 0 Å². The number of rotatable bonds is 2. The first-order valence-corrected chi connectivity index (χ1v) is 9.46. The first kappa shape index (κ1) is 14.8. The minimum Gasteiger partial charge on any atom is -0.347 e. The molecule has 2 aliphatic rings. The van der Waals surface area contributed by atoms with Gasteiger partial charge in [-0.3, -0.25) is 0 Å². The number of aromatic nitrogens is 1. The summed E-state index contributed by atoms with van der Waals surface area (Å²) in [4.78, 5) is 16.2. The van der Waals surface area contributed by atoms with Gasteiger partial charge in [-0.15, -0.1) is 11.3 Å². The van der Waals surface area contributed by atoms with Gasteiger partial charge in [-0.25, -0.2) is 4.79 Å². The summed E-state index contributed by atoms with van der Waals surface area (Å²) >= 11 is 1.73. The van der Waals surface area contributed by atoms with E-state index >= 15 is 0 Å². The average molecular weight is 329 g/mol. The number of thiophene rings is 1. The first-order valence-electron chi connectivity index (χ1n) is 8.58. The Bertz CT molecular complexity index is 658. The Hall–Kier alpha value is -1.75. The van der Waals surface area contributed by atoms with Crippen LogP contribution in [0.25, 0.3) is 0 Å². The molecular weight excluding hydrogens is 306 g/mol. The normalized spacial score (nSPS) is 21.9. The van der Waals surface area contributed by atoms with Crippen molar-refractivity contribution in [2.24, 2.45) is 0 Å². The third kappa shape index (κ3) is 2.90. The molecule has 0 saturated heterocycles. The van der Waals surface area contributed by atoms with E-state index in [9.17, 15) is 4.79 Å². The fourth-order valence-electron chi connectivity index (χ4n) is 3.85. The lowest BCUT2D eigenvalue weighted by atomic mass is 9.95. The Labute approximate surface area is 141 Å². The fraction of sp³-hybridized carbons (Fsp3) is 0.500. The molecule has 2 amide bonds. The molecule has 0 unspecified atom stereocenters. The van der Waals surface area contributed by atoms with Crippen LogP contribution in [0.2, 0.25) is 0 Å². The highest BCUT2D eigenvalue weighted by Crippen LogP contribution is 2.35. The zero-order chi connectivity index (χ0) is 15.6. The summed E-state index contributed by atoms with van der Waals surface area (Å²) < 4.78 is 2.27. The molecule has 1 aliphatic carbocycles. The predicted molar refractivity (Wildman–Crippen MR) is 92.7 cm³/mol. The van der Waals surface area contributed by atoms with Gasteiger partial charge in [0.2, 0.25) is 0 Å². The number of amides is 2. The third-order valence-corrected chi connectivity index (χ3v) is 5.97. The molecule has 5 heteroatoms. The van der Waals surface area contributed by atoms with Gasteiger partial charge >= 0.3 is 6.03 Å². The van der Waals surface area contributed by atoms with E-state index in [-0.39, 0.29) is 12.1 Å². The standard InChI is InChI=1S/C18H23N3OS/c22-18(19-14-6-2-1-3-7-14)21-12-11-20-10-4-8-15(20)17(21)16-9-5-13-23-16/h4-5,8-10,13-14,17H,1-3,6-7,11-12H2,(H,19,22)/t17-/m1/s1. The Morgan fingerprint density at radius 3 is 2.78 bits per heavy atom. The molecule has 0 spiro atoms. The summed E-state index contributed by atoms with van der Waals surface area (Å²) in [5.41, 5.74) is 1.22. The lowest BCUT2D eigenvalue weighted by Gasteiger charge is -2.37. The zero-order valence-electron chi connectivity index (χ0n) is 13.3. The van der Waals surface area contributed by atoms with Crippen LogP contribution in [0.3, 0.4) is 0 Å². The average Bonchev–Trinajstić information content (AvgIpc) is 3.26. The van der Waals surface area contributed by atoms with Crippen molar-refractivity contribution in [2.75, 3.05) is 6.54 Å². The largest absolute Gasteiger partial charge is 0.347 e.